The van der Waals surface area contributed by atoms with Gasteiger partial charge in [-0.3, -0.25) is 14.5 Å². The third-order valence-corrected chi connectivity index (χ3v) is 4.33. The van der Waals surface area contributed by atoms with Crippen LogP contribution < -0.4 is 5.32 Å². The molecule has 21 heavy (non-hydrogen) atoms. The molecule has 1 N–H and O–H groups in total. The highest BCUT2D eigenvalue weighted by atomic mass is 16.2. The zero-order valence-corrected chi connectivity index (χ0v) is 12.3. The van der Waals surface area contributed by atoms with Crippen molar-refractivity contribution in [2.45, 2.75) is 31.7 Å². The van der Waals surface area contributed by atoms with Gasteiger partial charge in [0, 0.05) is 17.5 Å². The summed E-state index contributed by atoms with van der Waals surface area (Å²) in [5.41, 5.74) is 0.808. The average molecular weight is 286 g/mol. The highest BCUT2D eigenvalue weighted by molar-refractivity contribution is 5.97. The number of piperidine rings is 1. The number of Topliss-reactive ketones (excluding diaryl/α,β-unsaturated/α-hetero) is 1. The summed E-state index contributed by atoms with van der Waals surface area (Å²) >= 11 is 0. The van der Waals surface area contributed by atoms with E-state index in [1.165, 1.54) is 0 Å². The molecule has 1 aliphatic carbocycles. The predicted octanol–water partition coefficient (Wildman–Crippen LogP) is 1.86. The van der Waals surface area contributed by atoms with Crippen molar-refractivity contribution < 1.29 is 9.59 Å². The van der Waals surface area contributed by atoms with E-state index in [0.717, 1.165) is 44.3 Å². The van der Waals surface area contributed by atoms with E-state index in [1.54, 1.807) is 0 Å². The molecule has 1 amide bonds. The van der Waals surface area contributed by atoms with Crippen molar-refractivity contribution in [1.82, 2.24) is 10.2 Å². The fourth-order valence-corrected chi connectivity index (χ4v) is 2.90. The topological polar surface area (TPSA) is 49.4 Å². The van der Waals surface area contributed by atoms with Crippen molar-refractivity contribution in [2.24, 2.45) is 5.92 Å². The van der Waals surface area contributed by atoms with Gasteiger partial charge in [-0.1, -0.05) is 30.3 Å². The molecule has 3 rings (SSSR count). The lowest BCUT2D eigenvalue weighted by Gasteiger charge is -2.30. The quantitative estimate of drug-likeness (QED) is 0.841. The third kappa shape index (κ3) is 3.91. The lowest BCUT2D eigenvalue weighted by molar-refractivity contribution is -0.122. The minimum atomic E-state index is 0.107. The number of benzene rings is 1. The monoisotopic (exact) mass is 286 g/mol. The maximum Gasteiger partial charge on any atom is 0.234 e. The van der Waals surface area contributed by atoms with Crippen molar-refractivity contribution in [3.05, 3.63) is 35.9 Å². The van der Waals surface area contributed by atoms with Crippen LogP contribution in [0.2, 0.25) is 0 Å². The molecule has 0 spiro atoms. The number of rotatable bonds is 5. The first-order chi connectivity index (χ1) is 10.2. The molecule has 0 atom stereocenters. The normalized spacial score (nSPS) is 20.2. The molecule has 1 saturated carbocycles. The zero-order valence-electron chi connectivity index (χ0n) is 12.3. The summed E-state index contributed by atoms with van der Waals surface area (Å²) in [6.07, 6.45) is 3.95. The van der Waals surface area contributed by atoms with E-state index in [1.807, 2.05) is 30.3 Å². The molecule has 0 unspecified atom stereocenters. The van der Waals surface area contributed by atoms with Crippen LogP contribution in [0, 0.1) is 5.92 Å². The maximum absolute atomic E-state index is 12.4. The average Bonchev–Trinajstić information content (AvgIpc) is 3.32. The molecule has 112 valence electrons. The third-order valence-electron chi connectivity index (χ3n) is 4.33. The molecule has 1 aromatic rings. The number of carbonyl (C=O) groups excluding carboxylic acids is 2. The Bertz CT molecular complexity index is 503. The number of nitrogens with zero attached hydrogens (tertiary/aromatic N) is 1. The fraction of sp³-hybridized carbons (Fsp3) is 0.529. The van der Waals surface area contributed by atoms with Crippen LogP contribution in [-0.2, 0) is 4.79 Å². The molecule has 0 bridgehead atoms. The second kappa shape index (κ2) is 6.39. The van der Waals surface area contributed by atoms with Crippen LogP contribution in [0.3, 0.4) is 0 Å². The molecule has 1 heterocycles. The van der Waals surface area contributed by atoms with Crippen LogP contribution in [0.4, 0.5) is 0 Å². The Hall–Kier alpha value is -1.68. The zero-order chi connectivity index (χ0) is 14.7. The molecule has 2 fully saturated rings. The summed E-state index contributed by atoms with van der Waals surface area (Å²) in [6, 6.07) is 9.94. The first kappa shape index (κ1) is 14.3. The smallest absolute Gasteiger partial charge is 0.234 e. The van der Waals surface area contributed by atoms with Gasteiger partial charge in [0.15, 0.2) is 5.78 Å². The molecule has 0 radical (unpaired) electrons. The fourth-order valence-electron chi connectivity index (χ4n) is 2.90. The van der Waals surface area contributed by atoms with Crippen molar-refractivity contribution >= 4 is 11.7 Å². The van der Waals surface area contributed by atoms with Gasteiger partial charge in [-0.15, -0.1) is 0 Å². The molecular weight excluding hydrogens is 264 g/mol. The maximum atomic E-state index is 12.4. The Labute approximate surface area is 125 Å². The summed E-state index contributed by atoms with van der Waals surface area (Å²) in [5.74, 6) is 0.484. The number of hydrogen-bond donors (Lipinski definition) is 1. The Morgan fingerprint density at radius 3 is 2.33 bits per heavy atom. The van der Waals surface area contributed by atoms with Crippen LogP contribution in [0.1, 0.15) is 36.0 Å². The SMILES string of the molecule is O=C(CN1CCC(C(=O)c2ccccc2)CC1)NC1CC1. The number of ketones is 1. The van der Waals surface area contributed by atoms with E-state index in [4.69, 9.17) is 0 Å². The first-order valence-corrected chi connectivity index (χ1v) is 7.83. The summed E-state index contributed by atoms with van der Waals surface area (Å²) < 4.78 is 0. The standard InChI is InChI=1S/C17H22N2O2/c20-16(18-15-6-7-15)12-19-10-8-14(9-11-19)17(21)13-4-2-1-3-5-13/h1-5,14-15H,6-12H2,(H,18,20). The second-order valence-corrected chi connectivity index (χ2v) is 6.12. The summed E-state index contributed by atoms with van der Waals surface area (Å²) in [6.45, 7) is 2.14. The van der Waals surface area contributed by atoms with Gasteiger partial charge < -0.3 is 5.32 Å². The highest BCUT2D eigenvalue weighted by Crippen LogP contribution is 2.22. The molecule has 4 heteroatoms. The van der Waals surface area contributed by atoms with Crippen molar-refractivity contribution in [1.29, 1.82) is 0 Å². The molecular formula is C17H22N2O2. The van der Waals surface area contributed by atoms with Crippen molar-refractivity contribution in [3.8, 4) is 0 Å². The van der Waals surface area contributed by atoms with Crippen LogP contribution >= 0.6 is 0 Å². The summed E-state index contributed by atoms with van der Waals surface area (Å²) in [7, 11) is 0. The lowest BCUT2D eigenvalue weighted by Crippen LogP contribution is -2.43. The van der Waals surface area contributed by atoms with Gasteiger partial charge in [0.2, 0.25) is 5.91 Å². The second-order valence-electron chi connectivity index (χ2n) is 6.12. The van der Waals surface area contributed by atoms with Gasteiger partial charge >= 0.3 is 0 Å². The van der Waals surface area contributed by atoms with Gasteiger partial charge in [0.25, 0.3) is 0 Å². The molecule has 0 aromatic heterocycles. The Balaban J connectivity index is 1.46. The Morgan fingerprint density at radius 2 is 1.71 bits per heavy atom. The van der Waals surface area contributed by atoms with E-state index in [9.17, 15) is 9.59 Å². The lowest BCUT2D eigenvalue weighted by atomic mass is 9.89. The first-order valence-electron chi connectivity index (χ1n) is 7.83. The van der Waals surface area contributed by atoms with Crippen LogP contribution in [0.15, 0.2) is 30.3 Å². The molecule has 1 aliphatic heterocycles. The van der Waals surface area contributed by atoms with E-state index in [0.29, 0.717) is 12.6 Å². The summed E-state index contributed by atoms with van der Waals surface area (Å²) in [5, 5.41) is 3.01. The summed E-state index contributed by atoms with van der Waals surface area (Å²) in [4.78, 5) is 26.3. The van der Waals surface area contributed by atoms with E-state index in [-0.39, 0.29) is 17.6 Å². The van der Waals surface area contributed by atoms with Gasteiger partial charge in [-0.25, -0.2) is 0 Å². The number of hydrogen-bond acceptors (Lipinski definition) is 3. The van der Waals surface area contributed by atoms with Gasteiger partial charge in [-0.05, 0) is 38.8 Å². The molecule has 2 aliphatic rings. The molecule has 1 saturated heterocycles. The van der Waals surface area contributed by atoms with E-state index in [2.05, 4.69) is 10.2 Å². The van der Waals surface area contributed by atoms with Gasteiger partial charge in [0.1, 0.15) is 0 Å². The van der Waals surface area contributed by atoms with Crippen LogP contribution in [0.5, 0.6) is 0 Å². The molecule has 1 aromatic carbocycles. The van der Waals surface area contributed by atoms with Crippen molar-refractivity contribution in [2.75, 3.05) is 19.6 Å². The Kier molecular flexibility index (Phi) is 4.34. The van der Waals surface area contributed by atoms with Crippen molar-refractivity contribution in [3.63, 3.8) is 0 Å². The number of likely N-dealkylation sites (tertiary alicyclic amines) is 1. The largest absolute Gasteiger partial charge is 0.352 e. The minimum Gasteiger partial charge on any atom is -0.352 e. The van der Waals surface area contributed by atoms with Crippen LogP contribution in [-0.4, -0.2) is 42.3 Å². The number of carbonyl (C=O) groups is 2. The number of amides is 1. The van der Waals surface area contributed by atoms with E-state index < -0.39 is 0 Å². The van der Waals surface area contributed by atoms with E-state index >= 15 is 0 Å². The van der Waals surface area contributed by atoms with Gasteiger partial charge in [0.05, 0.1) is 6.54 Å². The predicted molar refractivity (Wildman–Crippen MR) is 81.1 cm³/mol. The minimum absolute atomic E-state index is 0.107. The molecule has 4 nitrogen and oxygen atoms in total. The van der Waals surface area contributed by atoms with Gasteiger partial charge in [-0.2, -0.15) is 0 Å². The van der Waals surface area contributed by atoms with Crippen LogP contribution in [0.25, 0.3) is 0 Å². The Morgan fingerprint density at radius 1 is 1.05 bits per heavy atom. The highest BCUT2D eigenvalue weighted by Gasteiger charge is 2.28. The number of nitrogens with one attached hydrogen (secondary N) is 1.